The molecule has 0 radical (unpaired) electrons. The molecule has 1 aliphatic rings. The average Bonchev–Trinajstić information content (AvgIpc) is 2.67. The van der Waals surface area contributed by atoms with E-state index in [1.807, 2.05) is 26.1 Å². The van der Waals surface area contributed by atoms with Crippen molar-refractivity contribution in [3.63, 3.8) is 0 Å². The fourth-order valence-electron chi connectivity index (χ4n) is 4.46. The van der Waals surface area contributed by atoms with E-state index in [1.54, 1.807) is 4.90 Å². The van der Waals surface area contributed by atoms with Crippen molar-refractivity contribution in [1.29, 1.82) is 0 Å². The summed E-state index contributed by atoms with van der Waals surface area (Å²) < 4.78 is 0. The second-order valence-electron chi connectivity index (χ2n) is 10.0. The third-order valence-electron chi connectivity index (χ3n) is 5.80. The van der Waals surface area contributed by atoms with Gasteiger partial charge >= 0.3 is 5.97 Å². The Morgan fingerprint density at radius 2 is 1.78 bits per heavy atom. The topological polar surface area (TPSA) is 99.8 Å². The number of benzene rings is 1. The largest absolute Gasteiger partial charge is 0.481 e. The van der Waals surface area contributed by atoms with Crippen molar-refractivity contribution in [1.82, 2.24) is 9.88 Å². The molecule has 7 nitrogen and oxygen atoms in total. The maximum absolute atomic E-state index is 12.8. The first-order valence-corrected chi connectivity index (χ1v) is 11.0. The lowest BCUT2D eigenvalue weighted by molar-refractivity contribution is -0.145. The molecule has 1 aliphatic heterocycles. The van der Waals surface area contributed by atoms with Crippen LogP contribution in [0.2, 0.25) is 0 Å². The summed E-state index contributed by atoms with van der Waals surface area (Å²) in [7, 11) is 0. The van der Waals surface area contributed by atoms with Crippen LogP contribution in [0.25, 0.3) is 0 Å². The highest BCUT2D eigenvalue weighted by molar-refractivity contribution is 5.93. The predicted molar refractivity (Wildman–Crippen MR) is 126 cm³/mol. The molecule has 1 amide bonds. The summed E-state index contributed by atoms with van der Waals surface area (Å²) >= 11 is 0. The Kier molecular flexibility index (Phi) is 6.77. The molecule has 2 aromatic rings. The maximum atomic E-state index is 12.8. The number of carboxylic acid groups (broad SMARTS) is 1. The lowest BCUT2D eigenvalue weighted by Crippen LogP contribution is -2.57. The number of carbonyl (C=O) groups is 2. The van der Waals surface area contributed by atoms with E-state index >= 15 is 0 Å². The zero-order valence-electron chi connectivity index (χ0n) is 19.6. The molecule has 0 saturated carbocycles. The van der Waals surface area contributed by atoms with Gasteiger partial charge in [0.15, 0.2) is 5.82 Å². The van der Waals surface area contributed by atoms with Crippen molar-refractivity contribution in [2.45, 2.75) is 59.5 Å². The van der Waals surface area contributed by atoms with E-state index in [9.17, 15) is 14.7 Å². The Bertz CT molecular complexity index is 982. The fourth-order valence-corrected chi connectivity index (χ4v) is 4.46. The molecule has 0 aliphatic carbocycles. The van der Waals surface area contributed by atoms with Crippen molar-refractivity contribution < 1.29 is 14.7 Å². The van der Waals surface area contributed by atoms with Crippen molar-refractivity contribution in [3.8, 4) is 0 Å². The molecule has 32 heavy (non-hydrogen) atoms. The van der Waals surface area contributed by atoms with Crippen LogP contribution in [-0.2, 0) is 9.59 Å². The van der Waals surface area contributed by atoms with Crippen LogP contribution in [0.4, 0.5) is 11.5 Å². The van der Waals surface area contributed by atoms with Crippen molar-refractivity contribution in [3.05, 3.63) is 53.2 Å². The normalized spacial score (nSPS) is 19.2. The van der Waals surface area contributed by atoms with E-state index in [-0.39, 0.29) is 23.4 Å². The average molecular weight is 439 g/mol. The molecule has 1 aromatic carbocycles. The molecule has 1 aromatic heterocycles. The highest BCUT2D eigenvalue weighted by Gasteiger charge is 2.40. The number of nitrogens with zero attached hydrogens (tertiary/aromatic N) is 3. The minimum atomic E-state index is -1.11. The molecule has 1 saturated heterocycles. The predicted octanol–water partition coefficient (Wildman–Crippen LogP) is 3.95. The number of carbonyl (C=O) groups excluding carboxylic acids is 1. The molecular weight excluding hydrogens is 404 g/mol. The third-order valence-corrected chi connectivity index (χ3v) is 5.80. The Balaban J connectivity index is 2.11. The van der Waals surface area contributed by atoms with Gasteiger partial charge in [-0.05, 0) is 42.9 Å². The zero-order valence-corrected chi connectivity index (χ0v) is 19.6. The first-order valence-electron chi connectivity index (χ1n) is 11.0. The van der Waals surface area contributed by atoms with E-state index in [0.29, 0.717) is 24.6 Å². The highest BCUT2D eigenvalue weighted by Crippen LogP contribution is 2.39. The lowest BCUT2D eigenvalue weighted by Gasteiger charge is -2.49. The van der Waals surface area contributed by atoms with E-state index in [4.69, 9.17) is 10.7 Å². The van der Waals surface area contributed by atoms with Crippen LogP contribution in [-0.4, -0.2) is 46.0 Å². The van der Waals surface area contributed by atoms with Crippen molar-refractivity contribution in [2.75, 3.05) is 23.7 Å². The molecule has 172 valence electrons. The third kappa shape index (κ3) is 5.58. The van der Waals surface area contributed by atoms with Crippen LogP contribution in [0.5, 0.6) is 0 Å². The van der Waals surface area contributed by atoms with E-state index in [1.165, 1.54) is 0 Å². The van der Waals surface area contributed by atoms with Crippen molar-refractivity contribution >= 4 is 23.4 Å². The molecule has 7 heteroatoms. The van der Waals surface area contributed by atoms with Gasteiger partial charge in [0.2, 0.25) is 5.91 Å². The molecule has 2 unspecified atom stereocenters. The first-order chi connectivity index (χ1) is 14.9. The molecule has 0 bridgehead atoms. The minimum absolute atomic E-state index is 0.0148. The van der Waals surface area contributed by atoms with Gasteiger partial charge in [-0.3, -0.25) is 9.59 Å². The summed E-state index contributed by atoms with van der Waals surface area (Å²) in [6.45, 7) is 11.3. The Labute approximate surface area is 190 Å². The second kappa shape index (κ2) is 9.18. The van der Waals surface area contributed by atoms with Gasteiger partial charge in [-0.25, -0.2) is 4.98 Å². The van der Waals surface area contributed by atoms with Gasteiger partial charge in [0, 0.05) is 25.3 Å². The zero-order chi connectivity index (χ0) is 23.6. The van der Waals surface area contributed by atoms with Crippen LogP contribution in [0.15, 0.2) is 36.5 Å². The number of hydrogen-bond acceptors (Lipinski definition) is 5. The van der Waals surface area contributed by atoms with Crippen LogP contribution in [0.1, 0.15) is 56.3 Å². The molecule has 3 rings (SSSR count). The molecule has 3 N–H and O–H groups in total. The van der Waals surface area contributed by atoms with Crippen molar-refractivity contribution in [2.24, 2.45) is 5.41 Å². The van der Waals surface area contributed by atoms with Gasteiger partial charge in [-0.15, -0.1) is 0 Å². The van der Waals surface area contributed by atoms with Crippen LogP contribution in [0.3, 0.4) is 0 Å². The Morgan fingerprint density at radius 3 is 2.34 bits per heavy atom. The minimum Gasteiger partial charge on any atom is -0.481 e. The summed E-state index contributed by atoms with van der Waals surface area (Å²) in [4.78, 5) is 32.7. The Hall–Kier alpha value is -3.09. The van der Waals surface area contributed by atoms with E-state index < -0.39 is 12.4 Å². The molecule has 1 fully saturated rings. The van der Waals surface area contributed by atoms with E-state index in [0.717, 1.165) is 23.1 Å². The number of aryl methyl sites for hydroxylation is 2. The van der Waals surface area contributed by atoms with Gasteiger partial charge in [-0.2, -0.15) is 0 Å². The van der Waals surface area contributed by atoms with Gasteiger partial charge in [0.1, 0.15) is 6.42 Å². The summed E-state index contributed by atoms with van der Waals surface area (Å²) in [6, 6.07) is 9.90. The SMILES string of the molecule is Cc1ccc(C2CN(C(=O)CC(=O)O)CC(CC(C)(C)C)N2c2ncc(C)cc2N)cc1. The number of carboxylic acids is 1. The number of nitrogen functional groups attached to an aromatic ring is 1. The number of aromatic nitrogens is 1. The summed E-state index contributed by atoms with van der Waals surface area (Å²) in [6.07, 6.45) is 2.10. The van der Waals surface area contributed by atoms with Gasteiger partial charge in [-0.1, -0.05) is 50.6 Å². The number of nitrogens with two attached hydrogens (primary N) is 1. The summed E-state index contributed by atoms with van der Waals surface area (Å²) in [5, 5.41) is 9.19. The number of anilines is 2. The second-order valence-corrected chi connectivity index (χ2v) is 10.0. The monoisotopic (exact) mass is 438 g/mol. The summed E-state index contributed by atoms with van der Waals surface area (Å²) in [5.74, 6) is -0.764. The van der Waals surface area contributed by atoms with Crippen LogP contribution < -0.4 is 10.6 Å². The molecule has 2 atom stereocenters. The maximum Gasteiger partial charge on any atom is 0.312 e. The molecule has 2 heterocycles. The Morgan fingerprint density at radius 1 is 1.12 bits per heavy atom. The molecular formula is C25H34N4O3. The number of aliphatic carboxylic acids is 1. The fraction of sp³-hybridized carbons (Fsp3) is 0.480. The number of hydrogen-bond donors (Lipinski definition) is 2. The number of rotatable bonds is 5. The smallest absolute Gasteiger partial charge is 0.312 e. The standard InChI is InChI=1S/C25H34N4O3/c1-16-6-8-18(9-7-16)21-15-28(22(30)11-23(31)32)14-19(12-25(3,4)5)29(21)24-20(26)10-17(2)13-27-24/h6-10,13,19,21H,11-12,14-15,26H2,1-5H3,(H,31,32). The lowest BCUT2D eigenvalue weighted by atomic mass is 9.84. The quantitative estimate of drug-likeness (QED) is 0.686. The van der Waals surface area contributed by atoms with E-state index in [2.05, 4.69) is 49.9 Å². The van der Waals surface area contributed by atoms with Gasteiger partial charge in [0.25, 0.3) is 0 Å². The number of piperazine rings is 1. The summed E-state index contributed by atoms with van der Waals surface area (Å²) in [5.41, 5.74) is 10.2. The molecule has 0 spiro atoms. The first kappa shape index (κ1) is 23.6. The highest BCUT2D eigenvalue weighted by atomic mass is 16.4. The van der Waals surface area contributed by atoms with Crippen LogP contribution in [0, 0.1) is 19.3 Å². The van der Waals surface area contributed by atoms with Gasteiger partial charge in [0.05, 0.1) is 11.7 Å². The number of amides is 1. The van der Waals surface area contributed by atoms with Gasteiger partial charge < -0.3 is 20.6 Å². The van der Waals surface area contributed by atoms with Crippen LogP contribution >= 0.6 is 0 Å². The number of pyridine rings is 1.